The van der Waals surface area contributed by atoms with E-state index in [-0.39, 0.29) is 0 Å². The molecule has 1 N–H and O–H groups in total. The van der Waals surface area contributed by atoms with Crippen LogP contribution >= 0.6 is 0 Å². The van der Waals surface area contributed by atoms with Crippen LogP contribution in [0.2, 0.25) is 0 Å². The van der Waals surface area contributed by atoms with E-state index in [9.17, 15) is 0 Å². The number of oxime groups is 1. The molecule has 1 aromatic rings. The molecule has 0 aliphatic carbocycles. The van der Waals surface area contributed by atoms with Crippen LogP contribution in [0, 0.1) is 0 Å². The van der Waals surface area contributed by atoms with Gasteiger partial charge in [-0.1, -0.05) is 36.7 Å². The zero-order chi connectivity index (χ0) is 13.5. The van der Waals surface area contributed by atoms with Gasteiger partial charge in [0.2, 0.25) is 0 Å². The molecule has 1 aliphatic rings. The van der Waals surface area contributed by atoms with Crippen LogP contribution in [0.15, 0.2) is 29.4 Å². The third-order valence-corrected chi connectivity index (χ3v) is 3.44. The van der Waals surface area contributed by atoms with Crippen molar-refractivity contribution in [3.8, 4) is 0 Å². The van der Waals surface area contributed by atoms with Gasteiger partial charge in [-0.05, 0) is 12.5 Å². The average Bonchev–Trinajstić information content (AvgIpc) is 2.47. The van der Waals surface area contributed by atoms with E-state index in [0.717, 1.165) is 56.1 Å². The van der Waals surface area contributed by atoms with Crippen LogP contribution in [0.4, 0.5) is 5.69 Å². The van der Waals surface area contributed by atoms with Gasteiger partial charge < -0.3 is 14.8 Å². The number of para-hydroxylation sites is 1. The van der Waals surface area contributed by atoms with Crippen LogP contribution in [0.25, 0.3) is 0 Å². The zero-order valence-corrected chi connectivity index (χ0v) is 11.5. The Hall–Kier alpha value is -1.55. The van der Waals surface area contributed by atoms with Gasteiger partial charge in [-0.15, -0.1) is 0 Å². The maximum atomic E-state index is 9.04. The molecule has 0 fully saturated rings. The molecule has 0 radical (unpaired) electrons. The molecule has 4 nitrogen and oxygen atoms in total. The highest BCUT2D eigenvalue weighted by Gasteiger charge is 2.21. The molecule has 1 heterocycles. The van der Waals surface area contributed by atoms with Gasteiger partial charge in [0, 0.05) is 37.4 Å². The molecule has 104 valence electrons. The summed E-state index contributed by atoms with van der Waals surface area (Å²) in [7, 11) is 0. The smallest absolute Gasteiger partial charge is 0.0906 e. The van der Waals surface area contributed by atoms with Crippen molar-refractivity contribution in [2.75, 3.05) is 31.2 Å². The van der Waals surface area contributed by atoms with Gasteiger partial charge in [0.25, 0.3) is 0 Å². The van der Waals surface area contributed by atoms with Crippen LogP contribution < -0.4 is 4.90 Å². The normalized spacial score (nSPS) is 16.7. The summed E-state index contributed by atoms with van der Waals surface area (Å²) in [6, 6.07) is 8.08. The van der Waals surface area contributed by atoms with Crippen molar-refractivity contribution in [2.45, 2.75) is 26.2 Å². The number of nitrogens with zero attached hydrogens (tertiary/aromatic N) is 2. The van der Waals surface area contributed by atoms with Gasteiger partial charge in [-0.25, -0.2) is 0 Å². The molecule has 1 aliphatic heterocycles. The Bertz CT molecular complexity index is 432. The minimum atomic E-state index is 0.750. The van der Waals surface area contributed by atoms with Crippen LogP contribution in [-0.2, 0) is 4.74 Å². The Balaban J connectivity index is 1.96. The van der Waals surface area contributed by atoms with Crippen LogP contribution in [0.1, 0.15) is 31.7 Å². The number of rotatable bonds is 6. The molecular weight excluding hydrogens is 240 g/mol. The van der Waals surface area contributed by atoms with E-state index in [0.29, 0.717) is 0 Å². The number of unbranched alkanes of at least 4 members (excludes halogenated alkanes) is 1. The minimum Gasteiger partial charge on any atom is -0.411 e. The highest BCUT2D eigenvalue weighted by molar-refractivity contribution is 6.06. The third kappa shape index (κ3) is 3.47. The second-order valence-electron chi connectivity index (χ2n) is 4.77. The Morgan fingerprint density at radius 2 is 2.16 bits per heavy atom. The largest absolute Gasteiger partial charge is 0.411 e. The summed E-state index contributed by atoms with van der Waals surface area (Å²) < 4.78 is 5.62. The summed E-state index contributed by atoms with van der Waals surface area (Å²) in [5.41, 5.74) is 2.95. The number of benzene rings is 1. The van der Waals surface area contributed by atoms with Crippen molar-refractivity contribution in [1.82, 2.24) is 0 Å². The summed E-state index contributed by atoms with van der Waals surface area (Å²) >= 11 is 0. The van der Waals surface area contributed by atoms with E-state index in [1.165, 1.54) is 6.42 Å². The standard InChI is InChI=1S/C15H22N2O2/c1-2-3-11-19-12-10-17-9-8-14(16-18)13-6-4-5-7-15(13)17/h4-7,18H,2-3,8-12H2,1H3. The lowest BCUT2D eigenvalue weighted by Gasteiger charge is -2.31. The SMILES string of the molecule is CCCCOCCN1CCC(=NO)c2ccccc21. The van der Waals surface area contributed by atoms with Gasteiger partial charge in [-0.3, -0.25) is 0 Å². The van der Waals surface area contributed by atoms with Crippen molar-refractivity contribution < 1.29 is 9.94 Å². The van der Waals surface area contributed by atoms with E-state index < -0.39 is 0 Å². The van der Waals surface area contributed by atoms with Gasteiger partial charge in [0.15, 0.2) is 0 Å². The molecule has 0 aromatic heterocycles. The molecular formula is C15H22N2O2. The van der Waals surface area contributed by atoms with Gasteiger partial charge in [0.05, 0.1) is 12.3 Å². The van der Waals surface area contributed by atoms with E-state index in [1.54, 1.807) is 0 Å². The van der Waals surface area contributed by atoms with E-state index in [4.69, 9.17) is 9.94 Å². The monoisotopic (exact) mass is 262 g/mol. The Labute approximate surface area is 114 Å². The highest BCUT2D eigenvalue weighted by Crippen LogP contribution is 2.26. The fraction of sp³-hybridized carbons (Fsp3) is 0.533. The number of fused-ring (bicyclic) bond motifs is 1. The first kappa shape index (κ1) is 13.9. The quantitative estimate of drug-likeness (QED) is 0.487. The summed E-state index contributed by atoms with van der Waals surface area (Å²) in [5, 5.41) is 12.4. The molecule has 0 atom stereocenters. The molecule has 19 heavy (non-hydrogen) atoms. The number of hydrogen-bond donors (Lipinski definition) is 1. The zero-order valence-electron chi connectivity index (χ0n) is 11.5. The topological polar surface area (TPSA) is 45.1 Å². The Kier molecular flexibility index (Phi) is 5.21. The molecule has 4 heteroatoms. The van der Waals surface area contributed by atoms with Crippen LogP contribution in [0.5, 0.6) is 0 Å². The summed E-state index contributed by atoms with van der Waals surface area (Å²) in [5.74, 6) is 0. The van der Waals surface area contributed by atoms with E-state index in [2.05, 4.69) is 23.0 Å². The predicted octanol–water partition coefficient (Wildman–Crippen LogP) is 2.89. The fourth-order valence-corrected chi connectivity index (χ4v) is 2.35. The lowest BCUT2D eigenvalue weighted by molar-refractivity contribution is 0.137. The first-order chi connectivity index (χ1) is 9.36. The average molecular weight is 262 g/mol. The van der Waals surface area contributed by atoms with Crippen molar-refractivity contribution >= 4 is 11.4 Å². The second-order valence-corrected chi connectivity index (χ2v) is 4.77. The Morgan fingerprint density at radius 3 is 2.95 bits per heavy atom. The minimum absolute atomic E-state index is 0.750. The molecule has 0 amide bonds. The predicted molar refractivity (Wildman–Crippen MR) is 77.3 cm³/mol. The fourth-order valence-electron chi connectivity index (χ4n) is 2.35. The summed E-state index contributed by atoms with van der Waals surface area (Å²) in [4.78, 5) is 2.30. The Morgan fingerprint density at radius 1 is 1.32 bits per heavy atom. The molecule has 2 rings (SSSR count). The molecule has 0 bridgehead atoms. The molecule has 0 unspecified atom stereocenters. The number of anilines is 1. The molecule has 0 saturated heterocycles. The maximum absolute atomic E-state index is 9.04. The lowest BCUT2D eigenvalue weighted by Crippen LogP contribution is -2.35. The van der Waals surface area contributed by atoms with E-state index >= 15 is 0 Å². The third-order valence-electron chi connectivity index (χ3n) is 3.44. The van der Waals surface area contributed by atoms with Crippen LogP contribution in [0.3, 0.4) is 0 Å². The molecule has 0 saturated carbocycles. The van der Waals surface area contributed by atoms with Crippen molar-refractivity contribution in [3.63, 3.8) is 0 Å². The van der Waals surface area contributed by atoms with Crippen molar-refractivity contribution in [2.24, 2.45) is 5.16 Å². The summed E-state index contributed by atoms with van der Waals surface area (Å²) in [6.45, 7) is 5.53. The van der Waals surface area contributed by atoms with Crippen molar-refractivity contribution in [1.29, 1.82) is 0 Å². The lowest BCUT2D eigenvalue weighted by atomic mass is 10.00. The maximum Gasteiger partial charge on any atom is 0.0906 e. The van der Waals surface area contributed by atoms with Gasteiger partial charge in [0.1, 0.15) is 0 Å². The van der Waals surface area contributed by atoms with Gasteiger partial charge in [-0.2, -0.15) is 0 Å². The van der Waals surface area contributed by atoms with Crippen molar-refractivity contribution in [3.05, 3.63) is 29.8 Å². The number of ether oxygens (including phenoxy) is 1. The van der Waals surface area contributed by atoms with Crippen LogP contribution in [-0.4, -0.2) is 37.2 Å². The van der Waals surface area contributed by atoms with Gasteiger partial charge >= 0.3 is 0 Å². The first-order valence-corrected chi connectivity index (χ1v) is 7.00. The first-order valence-electron chi connectivity index (χ1n) is 7.00. The molecule has 1 aromatic carbocycles. The second kappa shape index (κ2) is 7.14. The molecule has 0 spiro atoms. The van der Waals surface area contributed by atoms with E-state index in [1.807, 2.05) is 18.2 Å². The highest BCUT2D eigenvalue weighted by atomic mass is 16.5. The summed E-state index contributed by atoms with van der Waals surface area (Å²) in [6.07, 6.45) is 3.07. The number of hydrogen-bond acceptors (Lipinski definition) is 4.